The summed E-state index contributed by atoms with van der Waals surface area (Å²) in [7, 11) is 4.80. The summed E-state index contributed by atoms with van der Waals surface area (Å²) in [4.78, 5) is 12.4. The van der Waals surface area contributed by atoms with E-state index in [2.05, 4.69) is 0 Å². The Labute approximate surface area is 168 Å². The molecule has 0 bridgehead atoms. The fraction of sp³-hybridized carbons (Fsp3) is 0.125. The van der Waals surface area contributed by atoms with E-state index in [4.69, 9.17) is 18.9 Å². The molecule has 5 heteroatoms. The van der Waals surface area contributed by atoms with E-state index < -0.39 is 0 Å². The lowest BCUT2D eigenvalue weighted by Crippen LogP contribution is -1.97. The van der Waals surface area contributed by atoms with Crippen molar-refractivity contribution in [2.75, 3.05) is 21.3 Å². The van der Waals surface area contributed by atoms with Crippen LogP contribution < -0.4 is 14.2 Å². The third-order valence-electron chi connectivity index (χ3n) is 4.79. The maximum Gasteiger partial charge on any atom is 0.343 e. The van der Waals surface area contributed by atoms with Crippen molar-refractivity contribution in [3.63, 3.8) is 0 Å². The molecule has 146 valence electrons. The molecule has 1 aliphatic heterocycles. The highest BCUT2D eigenvalue weighted by atomic mass is 16.5. The number of benzene rings is 3. The molecule has 0 radical (unpaired) electrons. The average molecular weight is 388 g/mol. The minimum Gasteiger partial charge on any atom is -0.497 e. The predicted molar refractivity (Wildman–Crippen MR) is 112 cm³/mol. The molecule has 5 nitrogen and oxygen atoms in total. The van der Waals surface area contributed by atoms with Crippen LogP contribution in [0, 0.1) is 0 Å². The first-order chi connectivity index (χ1) is 14.1. The van der Waals surface area contributed by atoms with Crippen molar-refractivity contribution in [2.24, 2.45) is 0 Å². The highest BCUT2D eigenvalue weighted by Gasteiger charge is 2.22. The van der Waals surface area contributed by atoms with Gasteiger partial charge in [-0.2, -0.15) is 0 Å². The van der Waals surface area contributed by atoms with E-state index in [1.807, 2.05) is 48.5 Å². The first-order valence-corrected chi connectivity index (χ1v) is 9.07. The zero-order valence-electron chi connectivity index (χ0n) is 16.4. The van der Waals surface area contributed by atoms with Gasteiger partial charge in [0, 0.05) is 5.56 Å². The zero-order chi connectivity index (χ0) is 20.4. The van der Waals surface area contributed by atoms with Crippen molar-refractivity contribution in [1.29, 1.82) is 0 Å². The number of ether oxygens (including phenoxy) is 4. The second-order valence-corrected chi connectivity index (χ2v) is 6.54. The van der Waals surface area contributed by atoms with E-state index in [9.17, 15) is 4.79 Å². The minimum atomic E-state index is -0.385. The quantitative estimate of drug-likeness (QED) is 0.462. The molecule has 0 fully saturated rings. The number of carbonyl (C=O) groups excluding carboxylic acids is 1. The van der Waals surface area contributed by atoms with Gasteiger partial charge in [-0.3, -0.25) is 0 Å². The van der Waals surface area contributed by atoms with Crippen LogP contribution >= 0.6 is 0 Å². The van der Waals surface area contributed by atoms with Gasteiger partial charge in [0.15, 0.2) is 11.5 Å². The second kappa shape index (κ2) is 7.72. The monoisotopic (exact) mass is 388 g/mol. The third kappa shape index (κ3) is 3.67. The fourth-order valence-electron chi connectivity index (χ4n) is 3.26. The summed E-state index contributed by atoms with van der Waals surface area (Å²) in [6.45, 7) is 0. The van der Waals surface area contributed by atoms with E-state index in [-0.39, 0.29) is 5.97 Å². The lowest BCUT2D eigenvalue weighted by atomic mass is 10.0. The van der Waals surface area contributed by atoms with Crippen LogP contribution in [0.4, 0.5) is 0 Å². The van der Waals surface area contributed by atoms with Crippen LogP contribution in [0.15, 0.2) is 66.2 Å². The van der Waals surface area contributed by atoms with Gasteiger partial charge in [0.25, 0.3) is 0 Å². The van der Waals surface area contributed by atoms with Crippen LogP contribution in [-0.2, 0) is 9.53 Å². The number of hydrogen-bond acceptors (Lipinski definition) is 5. The average Bonchev–Trinajstić information content (AvgIpc) is 3.13. The molecule has 29 heavy (non-hydrogen) atoms. The highest BCUT2D eigenvalue weighted by molar-refractivity contribution is 6.05. The van der Waals surface area contributed by atoms with Gasteiger partial charge in [-0.05, 0) is 58.8 Å². The number of methoxy groups -OCH3 is 3. The van der Waals surface area contributed by atoms with Gasteiger partial charge >= 0.3 is 5.97 Å². The normalized spacial score (nSPS) is 14.7. The molecule has 3 aromatic carbocycles. The van der Waals surface area contributed by atoms with Gasteiger partial charge in [-0.25, -0.2) is 4.79 Å². The van der Waals surface area contributed by atoms with Crippen molar-refractivity contribution >= 4 is 28.6 Å². The number of esters is 1. The number of fused-ring (bicyclic) bond motifs is 1. The molecule has 0 unspecified atom stereocenters. The Morgan fingerprint density at radius 2 is 1.55 bits per heavy atom. The van der Waals surface area contributed by atoms with E-state index >= 15 is 0 Å². The molecular formula is C24H20O5. The number of carbonyl (C=O) groups is 1. The molecule has 0 aliphatic carbocycles. The third-order valence-corrected chi connectivity index (χ3v) is 4.79. The molecule has 0 saturated carbocycles. The number of rotatable bonds is 5. The first-order valence-electron chi connectivity index (χ1n) is 9.07. The molecular weight excluding hydrogens is 368 g/mol. The molecule has 3 aromatic rings. The van der Waals surface area contributed by atoms with Crippen LogP contribution in [0.3, 0.4) is 0 Å². The van der Waals surface area contributed by atoms with E-state index in [1.165, 1.54) is 0 Å². The summed E-state index contributed by atoms with van der Waals surface area (Å²) in [5.74, 6) is 2.18. The van der Waals surface area contributed by atoms with Crippen molar-refractivity contribution in [3.05, 3.63) is 77.4 Å². The summed E-state index contributed by atoms with van der Waals surface area (Å²) in [5, 5.41) is 2.09. The maximum absolute atomic E-state index is 12.4. The molecule has 4 rings (SSSR count). The molecule has 0 amide bonds. The summed E-state index contributed by atoms with van der Waals surface area (Å²) in [6, 6.07) is 17.2. The van der Waals surface area contributed by atoms with Crippen molar-refractivity contribution < 1.29 is 23.7 Å². The van der Waals surface area contributed by atoms with Crippen molar-refractivity contribution in [1.82, 2.24) is 0 Å². The van der Waals surface area contributed by atoms with Gasteiger partial charge in [0.1, 0.15) is 11.5 Å². The number of cyclic esters (lactones) is 1. The van der Waals surface area contributed by atoms with Gasteiger partial charge in [-0.1, -0.05) is 24.3 Å². The van der Waals surface area contributed by atoms with Gasteiger partial charge in [0.2, 0.25) is 0 Å². The lowest BCUT2D eigenvalue weighted by Gasteiger charge is -2.07. The Morgan fingerprint density at radius 1 is 0.793 bits per heavy atom. The van der Waals surface area contributed by atoms with Crippen molar-refractivity contribution in [2.45, 2.75) is 0 Å². The topological polar surface area (TPSA) is 54.0 Å². The van der Waals surface area contributed by atoms with E-state index in [1.54, 1.807) is 39.5 Å². The molecule has 0 atom stereocenters. The second-order valence-electron chi connectivity index (χ2n) is 6.54. The Hall–Kier alpha value is -3.73. The van der Waals surface area contributed by atoms with Gasteiger partial charge in [-0.15, -0.1) is 0 Å². The summed E-state index contributed by atoms with van der Waals surface area (Å²) in [6.07, 6.45) is 3.52. The van der Waals surface area contributed by atoms with Crippen LogP contribution in [0.2, 0.25) is 0 Å². The Morgan fingerprint density at radius 3 is 2.31 bits per heavy atom. The molecule has 0 N–H and O–H groups in total. The lowest BCUT2D eigenvalue weighted by molar-refractivity contribution is -0.130. The van der Waals surface area contributed by atoms with Crippen molar-refractivity contribution in [3.8, 4) is 17.2 Å². The molecule has 0 saturated heterocycles. The minimum absolute atomic E-state index is 0.385. The Bertz CT molecular complexity index is 1160. The summed E-state index contributed by atoms with van der Waals surface area (Å²) < 4.78 is 21.3. The summed E-state index contributed by atoms with van der Waals surface area (Å²) >= 11 is 0. The Balaban J connectivity index is 1.67. The van der Waals surface area contributed by atoms with Gasteiger partial charge in [0.05, 0.1) is 26.9 Å². The molecule has 0 spiro atoms. The van der Waals surface area contributed by atoms with E-state index in [0.717, 1.165) is 27.6 Å². The van der Waals surface area contributed by atoms with Crippen LogP contribution in [0.5, 0.6) is 17.2 Å². The zero-order valence-corrected chi connectivity index (χ0v) is 16.4. The largest absolute Gasteiger partial charge is 0.497 e. The Kier molecular flexibility index (Phi) is 4.96. The molecule has 1 heterocycles. The van der Waals surface area contributed by atoms with Crippen LogP contribution in [0.1, 0.15) is 11.1 Å². The van der Waals surface area contributed by atoms with E-state index in [0.29, 0.717) is 22.8 Å². The SMILES string of the molecule is COc1ccc2cc(C3=C/C(=C/c4ccc(OC)c(OC)c4)C(=O)O3)ccc2c1. The molecule has 0 aromatic heterocycles. The smallest absolute Gasteiger partial charge is 0.343 e. The van der Waals surface area contributed by atoms with Gasteiger partial charge < -0.3 is 18.9 Å². The van der Waals surface area contributed by atoms with Crippen LogP contribution in [0.25, 0.3) is 22.6 Å². The first kappa shape index (κ1) is 18.6. The molecule has 1 aliphatic rings. The standard InChI is InChI=1S/C24H20O5/c1-26-20-8-7-16-12-18(6-5-17(16)13-20)22-14-19(24(25)29-22)10-15-4-9-21(27-2)23(11-15)28-3/h4-14H,1-3H3/b19-10-. The van der Waals surface area contributed by atoms with Crippen LogP contribution in [-0.4, -0.2) is 27.3 Å². The fourth-order valence-corrected chi connectivity index (χ4v) is 3.26. The highest BCUT2D eigenvalue weighted by Crippen LogP contribution is 2.32. The number of hydrogen-bond donors (Lipinski definition) is 0. The summed E-state index contributed by atoms with van der Waals surface area (Å²) in [5.41, 5.74) is 2.13. The maximum atomic E-state index is 12.4. The predicted octanol–water partition coefficient (Wildman–Crippen LogP) is 4.85.